The van der Waals surface area contributed by atoms with E-state index in [1.165, 1.54) is 7.11 Å². The van der Waals surface area contributed by atoms with Crippen LogP contribution in [0.25, 0.3) is 0 Å². The highest BCUT2D eigenvalue weighted by molar-refractivity contribution is 6.30. The normalized spacial score (nSPS) is 36.2. The van der Waals surface area contributed by atoms with E-state index in [4.69, 9.17) is 5.26 Å². The van der Waals surface area contributed by atoms with Gasteiger partial charge in [0.05, 0.1) is 13.2 Å². The van der Waals surface area contributed by atoms with Crippen molar-refractivity contribution in [2.45, 2.75) is 10.7 Å². The number of nitrogens with zero attached hydrogens (tertiary/aromatic N) is 1. The van der Waals surface area contributed by atoms with Gasteiger partial charge in [0.25, 0.3) is 5.97 Å². The first-order chi connectivity index (χ1) is 4.65. The van der Waals surface area contributed by atoms with E-state index in [1.807, 2.05) is 0 Å². The first-order valence-electron chi connectivity index (χ1n) is 3.13. The molecule has 0 heterocycles. The number of carbonyl (C=O) groups excluding carboxylic acids is 1. The van der Waals surface area contributed by atoms with Crippen molar-refractivity contribution in [3.8, 4) is 6.07 Å². The van der Waals surface area contributed by atoms with Crippen molar-refractivity contribution in [1.82, 2.24) is 0 Å². The largest absolute Gasteiger partial charge is 0.469 e. The van der Waals surface area contributed by atoms with E-state index in [9.17, 15) is 4.79 Å². The van der Waals surface area contributed by atoms with Crippen molar-refractivity contribution >= 4 is 22.3 Å². The zero-order valence-electron chi connectivity index (χ0n) is 6.05. The Balaban J connectivity index is 2.60. The summed E-state index contributed by atoms with van der Waals surface area (Å²) in [5.74, 6) is -0.266. The predicted molar refractivity (Wildman–Crippen MR) is 37.0 cm³/mol. The summed E-state index contributed by atoms with van der Waals surface area (Å²) in [4.78, 5) is 10.9. The molecule has 1 rings (SSSR count). The van der Waals surface area contributed by atoms with E-state index in [1.54, 1.807) is 0 Å². The first-order valence-corrected chi connectivity index (χ1v) is 4.13. The Morgan fingerprint density at radius 1 is 2.00 bits per heavy atom. The highest BCUT2D eigenvalue weighted by atomic mass is 27.0. The van der Waals surface area contributed by atoms with Crippen LogP contribution in [0.5, 0.6) is 0 Å². The van der Waals surface area contributed by atoms with Gasteiger partial charge in [-0.2, -0.15) is 5.26 Å². The summed E-state index contributed by atoms with van der Waals surface area (Å²) in [5.41, 5.74) is 0. The molecule has 0 N–H and O–H groups in total. The molecule has 3 nitrogen and oxygen atoms in total. The van der Waals surface area contributed by atoms with Crippen molar-refractivity contribution in [3.63, 3.8) is 0 Å². The molecule has 2 unspecified atom stereocenters. The van der Waals surface area contributed by atoms with Crippen LogP contribution in [0.2, 0.25) is 4.28 Å². The molecular weight excluding hydrogens is 145 g/mol. The summed E-state index contributed by atoms with van der Waals surface area (Å²) in [6, 6.07) is 2.08. The van der Waals surface area contributed by atoms with E-state index >= 15 is 0 Å². The minimum Gasteiger partial charge on any atom is -0.469 e. The quantitative estimate of drug-likeness (QED) is 0.376. The van der Waals surface area contributed by atoms with Gasteiger partial charge in [0.1, 0.15) is 0 Å². The SMILES string of the molecule is COC(=O)[C]1([AlH2])CC1C#N. The number of ether oxygens (including phenoxy) is 1. The lowest BCUT2D eigenvalue weighted by Crippen LogP contribution is -2.12. The fraction of sp³-hybridized carbons (Fsp3) is 0.667. The Hall–Kier alpha value is -0.508. The van der Waals surface area contributed by atoms with Gasteiger partial charge in [-0.05, 0) is 6.42 Å². The highest BCUT2D eigenvalue weighted by Crippen LogP contribution is 2.57. The van der Waals surface area contributed by atoms with E-state index in [0.29, 0.717) is 6.42 Å². The van der Waals surface area contributed by atoms with Gasteiger partial charge in [0, 0.05) is 10.2 Å². The zero-order chi connectivity index (χ0) is 7.78. The van der Waals surface area contributed by atoms with Crippen molar-refractivity contribution in [3.05, 3.63) is 0 Å². The van der Waals surface area contributed by atoms with Crippen LogP contribution in [0.15, 0.2) is 0 Å². The van der Waals surface area contributed by atoms with Crippen molar-refractivity contribution in [1.29, 1.82) is 5.26 Å². The second-order valence-electron chi connectivity index (χ2n) is 2.79. The van der Waals surface area contributed by atoms with Gasteiger partial charge in [-0.15, -0.1) is 0 Å². The van der Waals surface area contributed by atoms with Crippen LogP contribution in [0.4, 0.5) is 0 Å². The van der Waals surface area contributed by atoms with Gasteiger partial charge in [-0.25, -0.2) is 0 Å². The minimum atomic E-state index is -0.358. The lowest BCUT2D eigenvalue weighted by atomic mass is 10.3. The van der Waals surface area contributed by atoms with Gasteiger partial charge in [-0.1, -0.05) is 0 Å². The molecule has 2 atom stereocenters. The van der Waals surface area contributed by atoms with Gasteiger partial charge in [-0.3, -0.25) is 4.79 Å². The standard InChI is InChI=1S/C6H6NO2.Al.2H/c1-9-6(8)5-2-4(5)3-7;;;/h4H,2H2,1H3;;;. The Bertz CT molecular complexity index is 210. The van der Waals surface area contributed by atoms with Crippen molar-refractivity contribution in [2.24, 2.45) is 5.92 Å². The zero-order valence-corrected chi connectivity index (χ0v) is 8.05. The van der Waals surface area contributed by atoms with E-state index in [2.05, 4.69) is 10.8 Å². The molecule has 0 aromatic heterocycles. The molecule has 0 aromatic carbocycles. The second-order valence-corrected chi connectivity index (χ2v) is 4.58. The molecule has 52 valence electrons. The Labute approximate surface area is 67.4 Å². The molecule has 0 radical (unpaired) electrons. The van der Waals surface area contributed by atoms with Gasteiger partial charge in [0.2, 0.25) is 16.3 Å². The molecule has 0 aromatic rings. The Morgan fingerprint density at radius 3 is 2.90 bits per heavy atom. The monoisotopic (exact) mass is 153 g/mol. The Kier molecular flexibility index (Phi) is 1.72. The second kappa shape index (κ2) is 2.27. The average molecular weight is 153 g/mol. The summed E-state index contributed by atoms with van der Waals surface area (Å²) < 4.78 is 4.20. The smallest absolute Gasteiger partial charge is 0.298 e. The fourth-order valence-corrected chi connectivity index (χ4v) is 1.75. The van der Waals surface area contributed by atoms with Crippen LogP contribution in [0, 0.1) is 17.2 Å². The van der Waals surface area contributed by atoms with E-state index < -0.39 is 0 Å². The molecule has 4 heteroatoms. The third-order valence-electron chi connectivity index (χ3n) is 2.04. The van der Waals surface area contributed by atoms with E-state index in [-0.39, 0.29) is 16.2 Å². The van der Waals surface area contributed by atoms with Gasteiger partial charge in [0.15, 0.2) is 0 Å². The van der Waals surface area contributed by atoms with Crippen LogP contribution in [0.3, 0.4) is 0 Å². The topological polar surface area (TPSA) is 50.1 Å². The van der Waals surface area contributed by atoms with Gasteiger partial charge < -0.3 is 4.74 Å². The number of methoxy groups -OCH3 is 1. The number of rotatable bonds is 1. The molecule has 0 spiro atoms. The Morgan fingerprint density at radius 2 is 2.60 bits per heavy atom. The lowest BCUT2D eigenvalue weighted by molar-refractivity contribution is -0.141. The predicted octanol–water partition coefficient (Wildman–Crippen LogP) is -0.505. The van der Waals surface area contributed by atoms with Crippen molar-refractivity contribution < 1.29 is 9.53 Å². The maximum Gasteiger partial charge on any atom is 0.298 e. The summed E-state index contributed by atoms with van der Waals surface area (Å²) in [6.45, 7) is 0. The summed E-state index contributed by atoms with van der Waals surface area (Å²) in [5, 5.41) is 8.45. The maximum absolute atomic E-state index is 10.9. The molecule has 10 heavy (non-hydrogen) atoms. The average Bonchev–Trinajstić information content (AvgIpc) is 2.61. The molecule has 1 fully saturated rings. The van der Waals surface area contributed by atoms with Crippen molar-refractivity contribution in [2.75, 3.05) is 7.11 Å². The van der Waals surface area contributed by atoms with Gasteiger partial charge >= 0.3 is 0 Å². The molecule has 0 saturated heterocycles. The molecule has 1 saturated carbocycles. The highest BCUT2D eigenvalue weighted by Gasteiger charge is 2.56. The number of esters is 1. The number of nitriles is 1. The number of hydrogen-bond donors (Lipinski definition) is 0. The molecule has 0 amide bonds. The molecular formula is C6H8AlNO2. The molecule has 1 aliphatic rings. The van der Waals surface area contributed by atoms with Crippen LogP contribution in [0.1, 0.15) is 6.42 Å². The van der Waals surface area contributed by atoms with Crippen LogP contribution in [-0.2, 0) is 9.53 Å². The lowest BCUT2D eigenvalue weighted by Gasteiger charge is -2.03. The molecule has 0 aliphatic heterocycles. The third kappa shape index (κ3) is 0.924. The first kappa shape index (κ1) is 7.60. The number of hydrogen-bond acceptors (Lipinski definition) is 3. The fourth-order valence-electron chi connectivity index (χ4n) is 1.01. The van der Waals surface area contributed by atoms with Crippen LogP contribution < -0.4 is 0 Å². The summed E-state index contributed by atoms with van der Waals surface area (Å²) in [7, 11) is 1.37. The summed E-state index contributed by atoms with van der Waals surface area (Å²) >= 11 is 0.728. The molecule has 0 bridgehead atoms. The summed E-state index contributed by atoms with van der Waals surface area (Å²) in [6.07, 6.45) is 0.711. The van der Waals surface area contributed by atoms with Crippen LogP contribution in [-0.4, -0.2) is 29.4 Å². The number of carbonyl (C=O) groups is 1. The molecule has 1 aliphatic carbocycles. The minimum absolute atomic E-state index is 0.0633. The van der Waals surface area contributed by atoms with E-state index in [0.717, 1.165) is 16.3 Å². The maximum atomic E-state index is 10.9. The van der Waals surface area contributed by atoms with Crippen LogP contribution >= 0.6 is 0 Å². The third-order valence-corrected chi connectivity index (χ3v) is 3.56.